The first-order chi connectivity index (χ1) is 13.5. The number of rotatable bonds is 5. The minimum absolute atomic E-state index is 0.0157. The molecule has 0 radical (unpaired) electrons. The van der Waals surface area contributed by atoms with Crippen molar-refractivity contribution in [3.8, 4) is 0 Å². The summed E-state index contributed by atoms with van der Waals surface area (Å²) in [5, 5.41) is 15.5. The number of aliphatic hydroxyl groups is 1. The summed E-state index contributed by atoms with van der Waals surface area (Å²) in [4.78, 5) is 27.6. The molecule has 5 nitrogen and oxygen atoms in total. The van der Waals surface area contributed by atoms with Crippen molar-refractivity contribution >= 4 is 23.4 Å². The van der Waals surface area contributed by atoms with Gasteiger partial charge in [0.1, 0.15) is 6.04 Å². The summed E-state index contributed by atoms with van der Waals surface area (Å²) in [5.74, 6) is 0.256. The van der Waals surface area contributed by atoms with Crippen LogP contribution in [0.1, 0.15) is 72.6 Å². The molecule has 0 aromatic rings. The summed E-state index contributed by atoms with van der Waals surface area (Å²) in [5.41, 5.74) is -1.25. The molecule has 3 rings (SSSR count). The molecule has 164 valence electrons. The lowest BCUT2D eigenvalue weighted by molar-refractivity contribution is -0.170. The van der Waals surface area contributed by atoms with Crippen molar-refractivity contribution in [2.24, 2.45) is 23.2 Å². The van der Waals surface area contributed by atoms with Crippen molar-refractivity contribution in [1.29, 1.82) is 0 Å². The van der Waals surface area contributed by atoms with E-state index < -0.39 is 17.1 Å². The molecule has 2 amide bonds. The summed E-state index contributed by atoms with van der Waals surface area (Å²) in [7, 11) is 0. The number of carbonyl (C=O) groups is 2. The van der Waals surface area contributed by atoms with Gasteiger partial charge in [0.25, 0.3) is 0 Å². The van der Waals surface area contributed by atoms with Gasteiger partial charge in [-0.3, -0.25) is 9.59 Å². The SMILES string of the molecule is CC(C)[C@@H](NC(=O)C1CCC1)C(=O)N1CC[C@](O)(C2CC=C(Cl)CC2)C(C)(C)C1. The van der Waals surface area contributed by atoms with E-state index in [1.165, 1.54) is 0 Å². The Bertz CT molecular complexity index is 671. The Kier molecular flexibility index (Phi) is 6.69. The van der Waals surface area contributed by atoms with Crippen molar-refractivity contribution in [3.05, 3.63) is 11.1 Å². The van der Waals surface area contributed by atoms with Gasteiger partial charge < -0.3 is 15.3 Å². The van der Waals surface area contributed by atoms with E-state index in [0.29, 0.717) is 19.5 Å². The Morgan fingerprint density at radius 3 is 2.45 bits per heavy atom. The fourth-order valence-electron chi connectivity index (χ4n) is 5.17. The predicted molar refractivity (Wildman–Crippen MR) is 115 cm³/mol. The van der Waals surface area contributed by atoms with Crippen molar-refractivity contribution < 1.29 is 14.7 Å². The molecule has 0 bridgehead atoms. The summed E-state index contributed by atoms with van der Waals surface area (Å²) >= 11 is 6.14. The van der Waals surface area contributed by atoms with Crippen LogP contribution in [0.25, 0.3) is 0 Å². The van der Waals surface area contributed by atoms with E-state index in [4.69, 9.17) is 11.6 Å². The van der Waals surface area contributed by atoms with E-state index in [1.807, 2.05) is 24.8 Å². The molecule has 1 aliphatic heterocycles. The van der Waals surface area contributed by atoms with Crippen LogP contribution < -0.4 is 5.32 Å². The van der Waals surface area contributed by atoms with Crippen LogP contribution in [-0.4, -0.2) is 46.6 Å². The number of halogens is 1. The van der Waals surface area contributed by atoms with Crippen LogP contribution >= 0.6 is 11.6 Å². The summed E-state index contributed by atoms with van der Waals surface area (Å²) < 4.78 is 0. The number of carbonyl (C=O) groups excluding carboxylic acids is 2. The van der Waals surface area contributed by atoms with Gasteiger partial charge in [0, 0.05) is 29.5 Å². The van der Waals surface area contributed by atoms with E-state index in [-0.39, 0.29) is 29.6 Å². The number of allylic oxidation sites excluding steroid dienone is 2. The van der Waals surface area contributed by atoms with E-state index >= 15 is 0 Å². The second-order valence-electron chi connectivity index (χ2n) is 10.3. The van der Waals surface area contributed by atoms with Crippen LogP contribution in [0, 0.1) is 23.2 Å². The maximum atomic E-state index is 13.3. The summed E-state index contributed by atoms with van der Waals surface area (Å²) in [6.07, 6.45) is 8.03. The van der Waals surface area contributed by atoms with Crippen molar-refractivity contribution in [3.63, 3.8) is 0 Å². The largest absolute Gasteiger partial charge is 0.389 e. The van der Waals surface area contributed by atoms with Gasteiger partial charge in [-0.25, -0.2) is 0 Å². The number of hydrogen-bond acceptors (Lipinski definition) is 3. The standard InChI is InChI=1S/C23H37ClN2O3/c1-15(2)19(25-20(27)16-6-5-7-16)21(28)26-13-12-23(29,22(3,4)14-26)17-8-10-18(24)11-9-17/h10,15-17,19,29H,5-9,11-14H2,1-4H3,(H,25,27)/t17?,19-,23+/m1/s1. The van der Waals surface area contributed by atoms with Crippen molar-refractivity contribution in [2.45, 2.75) is 84.3 Å². The topological polar surface area (TPSA) is 69.6 Å². The molecule has 2 fully saturated rings. The van der Waals surface area contributed by atoms with Gasteiger partial charge in [-0.2, -0.15) is 0 Å². The highest BCUT2D eigenvalue weighted by Crippen LogP contribution is 2.48. The second-order valence-corrected chi connectivity index (χ2v) is 10.8. The van der Waals surface area contributed by atoms with E-state index in [9.17, 15) is 14.7 Å². The molecule has 2 aliphatic carbocycles. The second kappa shape index (κ2) is 8.58. The molecule has 2 N–H and O–H groups in total. The van der Waals surface area contributed by atoms with Gasteiger partial charge in [0.05, 0.1) is 5.60 Å². The highest BCUT2D eigenvalue weighted by Gasteiger charge is 2.53. The van der Waals surface area contributed by atoms with Gasteiger partial charge >= 0.3 is 0 Å². The molecule has 6 heteroatoms. The van der Waals surface area contributed by atoms with Gasteiger partial charge in [0.15, 0.2) is 0 Å². The maximum Gasteiger partial charge on any atom is 0.245 e. The molecule has 0 spiro atoms. The molecule has 3 aliphatic rings. The first-order valence-electron chi connectivity index (χ1n) is 11.2. The minimum Gasteiger partial charge on any atom is -0.389 e. The lowest BCUT2D eigenvalue weighted by Gasteiger charge is -2.54. The Hall–Kier alpha value is -1.07. The van der Waals surface area contributed by atoms with Crippen molar-refractivity contribution in [2.75, 3.05) is 13.1 Å². The van der Waals surface area contributed by atoms with Crippen LogP contribution in [-0.2, 0) is 9.59 Å². The quantitative estimate of drug-likeness (QED) is 0.704. The Labute approximate surface area is 180 Å². The molecule has 1 saturated carbocycles. The maximum absolute atomic E-state index is 13.3. The smallest absolute Gasteiger partial charge is 0.245 e. The number of hydrogen-bond donors (Lipinski definition) is 2. The lowest BCUT2D eigenvalue weighted by Crippen LogP contribution is -2.64. The highest BCUT2D eigenvalue weighted by atomic mass is 35.5. The zero-order valence-corrected chi connectivity index (χ0v) is 19.1. The molecule has 29 heavy (non-hydrogen) atoms. The average Bonchev–Trinajstić information content (AvgIpc) is 2.60. The third-order valence-corrected chi connectivity index (χ3v) is 7.91. The Morgan fingerprint density at radius 1 is 1.28 bits per heavy atom. The number of nitrogens with one attached hydrogen (secondary N) is 1. The van der Waals surface area contributed by atoms with Crippen molar-refractivity contribution in [1.82, 2.24) is 10.2 Å². The Morgan fingerprint density at radius 2 is 1.97 bits per heavy atom. The van der Waals surface area contributed by atoms with E-state index in [1.54, 1.807) is 0 Å². The zero-order valence-electron chi connectivity index (χ0n) is 18.3. The summed E-state index contributed by atoms with van der Waals surface area (Å²) in [6, 6.07) is -0.499. The number of likely N-dealkylation sites (tertiary alicyclic amines) is 1. The molecule has 1 heterocycles. The van der Waals surface area contributed by atoms with Crippen LogP contribution in [0.2, 0.25) is 0 Å². The van der Waals surface area contributed by atoms with Gasteiger partial charge in [-0.05, 0) is 50.4 Å². The fraction of sp³-hybridized carbons (Fsp3) is 0.826. The number of nitrogens with zero attached hydrogens (tertiary/aromatic N) is 1. The number of piperidine rings is 1. The molecule has 1 saturated heterocycles. The minimum atomic E-state index is -0.819. The van der Waals surface area contributed by atoms with Gasteiger partial charge in [-0.1, -0.05) is 51.8 Å². The normalized spacial score (nSPS) is 31.1. The molecular weight excluding hydrogens is 388 g/mol. The molecule has 0 aromatic heterocycles. The van der Waals surface area contributed by atoms with Crippen LogP contribution in [0.3, 0.4) is 0 Å². The van der Waals surface area contributed by atoms with Crippen LogP contribution in [0.5, 0.6) is 0 Å². The highest BCUT2D eigenvalue weighted by molar-refractivity contribution is 6.29. The summed E-state index contributed by atoms with van der Waals surface area (Å²) in [6.45, 7) is 9.10. The Balaban J connectivity index is 1.68. The predicted octanol–water partition coefficient (Wildman–Crippen LogP) is 3.84. The first kappa shape index (κ1) is 22.6. The molecular formula is C23H37ClN2O3. The zero-order chi connectivity index (χ0) is 21.4. The third-order valence-electron chi connectivity index (χ3n) is 7.57. The van der Waals surface area contributed by atoms with Crippen LogP contribution in [0.4, 0.5) is 0 Å². The molecule has 0 aromatic carbocycles. The fourth-order valence-corrected chi connectivity index (χ4v) is 5.37. The number of amides is 2. The molecule has 3 atom stereocenters. The molecule has 1 unspecified atom stereocenters. The van der Waals surface area contributed by atoms with Gasteiger partial charge in [-0.15, -0.1) is 0 Å². The van der Waals surface area contributed by atoms with E-state index in [0.717, 1.165) is 43.6 Å². The first-order valence-corrected chi connectivity index (χ1v) is 11.6. The van der Waals surface area contributed by atoms with Crippen LogP contribution in [0.15, 0.2) is 11.1 Å². The monoisotopic (exact) mass is 424 g/mol. The lowest BCUT2D eigenvalue weighted by atomic mass is 9.61. The average molecular weight is 425 g/mol. The third kappa shape index (κ3) is 4.51. The van der Waals surface area contributed by atoms with Gasteiger partial charge in [0.2, 0.25) is 11.8 Å². The van der Waals surface area contributed by atoms with E-state index in [2.05, 4.69) is 19.2 Å².